The molecule has 6 heteroatoms. The number of fused-ring (bicyclic) bond motifs is 1. The monoisotopic (exact) mass is 292 g/mol. The van der Waals surface area contributed by atoms with Gasteiger partial charge in [0, 0.05) is 19.3 Å². The highest BCUT2D eigenvalue weighted by atomic mass is 16.5. The number of hydrogen-bond acceptors (Lipinski definition) is 4. The van der Waals surface area contributed by atoms with Crippen LogP contribution in [0.15, 0.2) is 24.3 Å². The molecular formula is C15H20N2O4. The van der Waals surface area contributed by atoms with E-state index in [1.807, 2.05) is 24.3 Å². The number of amides is 2. The number of carbonyl (C=O) groups excluding carboxylic acids is 2. The second kappa shape index (κ2) is 7.75. The zero-order chi connectivity index (χ0) is 15.1. The second-order valence-corrected chi connectivity index (χ2v) is 4.75. The molecule has 1 heterocycles. The lowest BCUT2D eigenvalue weighted by atomic mass is 10.2. The summed E-state index contributed by atoms with van der Waals surface area (Å²) >= 11 is 0. The van der Waals surface area contributed by atoms with E-state index in [4.69, 9.17) is 9.47 Å². The van der Waals surface area contributed by atoms with Crippen molar-refractivity contribution in [1.29, 1.82) is 0 Å². The molecule has 0 radical (unpaired) electrons. The molecule has 0 spiro atoms. The molecule has 2 rings (SSSR count). The van der Waals surface area contributed by atoms with Crippen LogP contribution in [-0.4, -0.2) is 51.8 Å². The number of para-hydroxylation sites is 1. The van der Waals surface area contributed by atoms with Gasteiger partial charge in [-0.2, -0.15) is 0 Å². The van der Waals surface area contributed by atoms with Crippen LogP contribution in [0.2, 0.25) is 0 Å². The Kier molecular flexibility index (Phi) is 5.71. The van der Waals surface area contributed by atoms with Crippen LogP contribution < -0.4 is 10.2 Å². The third-order valence-electron chi connectivity index (χ3n) is 3.29. The Hall–Kier alpha value is -1.92. The molecule has 0 unspecified atom stereocenters. The maximum atomic E-state index is 12.1. The number of ether oxygens (including phenoxy) is 2. The minimum atomic E-state index is -0.299. The zero-order valence-corrected chi connectivity index (χ0v) is 12.1. The van der Waals surface area contributed by atoms with Crippen molar-refractivity contribution in [2.45, 2.75) is 6.42 Å². The van der Waals surface area contributed by atoms with Gasteiger partial charge >= 0.3 is 0 Å². The third kappa shape index (κ3) is 4.27. The summed E-state index contributed by atoms with van der Waals surface area (Å²) in [5.41, 5.74) is 2.10. The molecule has 0 fully saturated rings. The predicted molar refractivity (Wildman–Crippen MR) is 78.2 cm³/mol. The third-order valence-corrected chi connectivity index (χ3v) is 3.29. The second-order valence-electron chi connectivity index (χ2n) is 4.75. The number of hydrogen-bond donors (Lipinski definition) is 1. The standard InChI is InChI=1S/C15H20N2O4/c1-20-8-9-21-11-14(18)16-10-15(19)17-7-6-12-4-2-3-5-13(12)17/h2-5H,6-11H2,1H3,(H,16,18). The molecule has 1 aromatic carbocycles. The van der Waals surface area contributed by atoms with Crippen molar-refractivity contribution in [2.75, 3.05) is 44.9 Å². The lowest BCUT2D eigenvalue weighted by molar-refractivity contribution is -0.128. The summed E-state index contributed by atoms with van der Waals surface area (Å²) < 4.78 is 9.89. The number of carbonyl (C=O) groups is 2. The van der Waals surface area contributed by atoms with Gasteiger partial charge < -0.3 is 19.7 Å². The number of nitrogens with one attached hydrogen (secondary N) is 1. The van der Waals surface area contributed by atoms with E-state index >= 15 is 0 Å². The molecule has 1 N–H and O–H groups in total. The highest BCUT2D eigenvalue weighted by Gasteiger charge is 2.23. The molecule has 0 saturated heterocycles. The molecule has 114 valence electrons. The Morgan fingerprint density at radius 3 is 2.90 bits per heavy atom. The van der Waals surface area contributed by atoms with Gasteiger partial charge in [-0.1, -0.05) is 18.2 Å². The highest BCUT2D eigenvalue weighted by Crippen LogP contribution is 2.27. The van der Waals surface area contributed by atoms with Crippen LogP contribution in [0.3, 0.4) is 0 Å². The van der Waals surface area contributed by atoms with Gasteiger partial charge in [0.15, 0.2) is 0 Å². The van der Waals surface area contributed by atoms with E-state index in [1.165, 1.54) is 5.56 Å². The van der Waals surface area contributed by atoms with Crippen LogP contribution in [-0.2, 0) is 25.5 Å². The molecule has 1 aliphatic rings. The van der Waals surface area contributed by atoms with Crippen molar-refractivity contribution < 1.29 is 19.1 Å². The summed E-state index contributed by atoms with van der Waals surface area (Å²) in [5.74, 6) is -0.405. The average Bonchev–Trinajstić information content (AvgIpc) is 2.93. The first-order valence-corrected chi connectivity index (χ1v) is 6.94. The molecule has 0 atom stereocenters. The predicted octanol–water partition coefficient (Wildman–Crippen LogP) is 0.355. The van der Waals surface area contributed by atoms with Crippen LogP contribution in [0.1, 0.15) is 5.56 Å². The van der Waals surface area contributed by atoms with E-state index in [2.05, 4.69) is 5.32 Å². The SMILES string of the molecule is COCCOCC(=O)NCC(=O)N1CCc2ccccc21. The minimum absolute atomic E-state index is 0.0131. The Bertz CT molecular complexity index is 504. The van der Waals surface area contributed by atoms with Crippen LogP contribution in [0.25, 0.3) is 0 Å². The Labute approximate surface area is 124 Å². The summed E-state index contributed by atoms with van der Waals surface area (Å²) in [4.78, 5) is 25.4. The molecule has 0 aromatic heterocycles. The Balaban J connectivity index is 1.74. The van der Waals surface area contributed by atoms with Crippen molar-refractivity contribution in [3.05, 3.63) is 29.8 Å². The first kappa shape index (κ1) is 15.5. The lowest BCUT2D eigenvalue weighted by Crippen LogP contribution is -2.40. The molecule has 0 bridgehead atoms. The van der Waals surface area contributed by atoms with Crippen molar-refractivity contribution in [1.82, 2.24) is 5.32 Å². The number of benzene rings is 1. The van der Waals surface area contributed by atoms with Gasteiger partial charge in [-0.25, -0.2) is 0 Å². The molecule has 1 aliphatic heterocycles. The smallest absolute Gasteiger partial charge is 0.246 e. The van der Waals surface area contributed by atoms with E-state index in [0.717, 1.165) is 12.1 Å². The zero-order valence-electron chi connectivity index (χ0n) is 12.1. The van der Waals surface area contributed by atoms with E-state index < -0.39 is 0 Å². The average molecular weight is 292 g/mol. The van der Waals surface area contributed by atoms with Crippen LogP contribution in [0.5, 0.6) is 0 Å². The van der Waals surface area contributed by atoms with Gasteiger partial charge in [-0.05, 0) is 18.1 Å². The van der Waals surface area contributed by atoms with E-state index in [1.54, 1.807) is 12.0 Å². The summed E-state index contributed by atoms with van der Waals surface area (Å²) in [6.07, 6.45) is 0.857. The van der Waals surface area contributed by atoms with Gasteiger partial charge in [0.25, 0.3) is 0 Å². The fourth-order valence-electron chi connectivity index (χ4n) is 2.23. The molecule has 0 aliphatic carbocycles. The summed E-state index contributed by atoms with van der Waals surface area (Å²) in [6, 6.07) is 7.82. The fraction of sp³-hybridized carbons (Fsp3) is 0.467. The number of rotatable bonds is 7. The number of methoxy groups -OCH3 is 1. The summed E-state index contributed by atoms with van der Waals surface area (Å²) in [6.45, 7) is 1.39. The fourth-order valence-corrected chi connectivity index (χ4v) is 2.23. The van der Waals surface area contributed by atoms with Gasteiger partial charge in [-0.15, -0.1) is 0 Å². The number of anilines is 1. The molecule has 21 heavy (non-hydrogen) atoms. The molecule has 1 aromatic rings. The Morgan fingerprint density at radius 2 is 2.10 bits per heavy atom. The van der Waals surface area contributed by atoms with Crippen LogP contribution in [0.4, 0.5) is 5.69 Å². The van der Waals surface area contributed by atoms with Gasteiger partial charge in [0.2, 0.25) is 11.8 Å². The van der Waals surface area contributed by atoms with Gasteiger partial charge in [0.1, 0.15) is 6.61 Å². The maximum absolute atomic E-state index is 12.1. The number of nitrogens with zero attached hydrogens (tertiary/aromatic N) is 1. The first-order valence-electron chi connectivity index (χ1n) is 6.94. The van der Waals surface area contributed by atoms with Crippen LogP contribution >= 0.6 is 0 Å². The van der Waals surface area contributed by atoms with Gasteiger partial charge in [0.05, 0.1) is 19.8 Å². The molecule has 0 saturated carbocycles. The normalized spacial score (nSPS) is 13.1. The molecule has 6 nitrogen and oxygen atoms in total. The Morgan fingerprint density at radius 1 is 1.29 bits per heavy atom. The molecule has 2 amide bonds. The van der Waals surface area contributed by atoms with E-state index in [-0.39, 0.29) is 25.0 Å². The summed E-state index contributed by atoms with van der Waals surface area (Å²) in [7, 11) is 1.57. The van der Waals surface area contributed by atoms with Crippen LogP contribution in [0, 0.1) is 0 Å². The largest absolute Gasteiger partial charge is 0.382 e. The van der Waals surface area contributed by atoms with E-state index in [9.17, 15) is 9.59 Å². The van der Waals surface area contributed by atoms with Gasteiger partial charge in [-0.3, -0.25) is 9.59 Å². The van der Waals surface area contributed by atoms with Crippen molar-refractivity contribution in [3.8, 4) is 0 Å². The first-order chi connectivity index (χ1) is 10.2. The topological polar surface area (TPSA) is 67.9 Å². The maximum Gasteiger partial charge on any atom is 0.246 e. The quantitative estimate of drug-likeness (QED) is 0.737. The van der Waals surface area contributed by atoms with Crippen molar-refractivity contribution in [3.63, 3.8) is 0 Å². The highest BCUT2D eigenvalue weighted by molar-refractivity contribution is 5.98. The lowest BCUT2D eigenvalue weighted by Gasteiger charge is -2.17. The van der Waals surface area contributed by atoms with Crippen molar-refractivity contribution >= 4 is 17.5 Å². The van der Waals surface area contributed by atoms with E-state index in [0.29, 0.717) is 19.8 Å². The molecular weight excluding hydrogens is 272 g/mol. The minimum Gasteiger partial charge on any atom is -0.382 e. The summed E-state index contributed by atoms with van der Waals surface area (Å²) in [5, 5.41) is 2.57. The van der Waals surface area contributed by atoms with Crippen molar-refractivity contribution in [2.24, 2.45) is 0 Å².